The molecular formula is C10H15NO2S. The molecule has 1 aromatic rings. The van der Waals surface area contributed by atoms with Gasteiger partial charge in [0, 0.05) is 13.1 Å². The van der Waals surface area contributed by atoms with Crippen molar-refractivity contribution in [1.82, 2.24) is 0 Å². The molecule has 0 saturated heterocycles. The summed E-state index contributed by atoms with van der Waals surface area (Å²) in [4.78, 5) is 1.07. The van der Waals surface area contributed by atoms with Crippen molar-refractivity contribution in [2.75, 3.05) is 32.8 Å². The molecule has 0 aliphatic carbocycles. The Morgan fingerprint density at radius 1 is 1.14 bits per heavy atom. The maximum absolute atomic E-state index is 5.26. The van der Waals surface area contributed by atoms with Crippen molar-refractivity contribution in [3.8, 4) is 11.5 Å². The van der Waals surface area contributed by atoms with Gasteiger partial charge in [0.2, 0.25) is 0 Å². The first-order valence-corrected chi connectivity index (χ1v) is 5.47. The maximum atomic E-state index is 5.26. The summed E-state index contributed by atoms with van der Waals surface area (Å²) in [6, 6.07) is 3.90. The SMILES string of the molecule is CNc1cc(OC)c(SC)cc1OC. The number of hydrogen-bond acceptors (Lipinski definition) is 4. The normalized spacial score (nSPS) is 9.71. The van der Waals surface area contributed by atoms with Crippen molar-refractivity contribution in [2.45, 2.75) is 4.90 Å². The van der Waals surface area contributed by atoms with Crippen molar-refractivity contribution in [1.29, 1.82) is 0 Å². The predicted molar refractivity (Wildman–Crippen MR) is 60.9 cm³/mol. The number of benzene rings is 1. The molecule has 0 aromatic heterocycles. The summed E-state index contributed by atoms with van der Waals surface area (Å²) in [6.45, 7) is 0. The van der Waals surface area contributed by atoms with Crippen LogP contribution in [-0.4, -0.2) is 27.5 Å². The molecule has 14 heavy (non-hydrogen) atoms. The topological polar surface area (TPSA) is 30.5 Å². The zero-order chi connectivity index (χ0) is 10.6. The smallest absolute Gasteiger partial charge is 0.143 e. The lowest BCUT2D eigenvalue weighted by Gasteiger charge is -2.13. The summed E-state index contributed by atoms with van der Waals surface area (Å²) in [6.07, 6.45) is 2.01. The molecule has 0 aliphatic heterocycles. The molecule has 1 rings (SSSR count). The first-order valence-electron chi connectivity index (χ1n) is 4.24. The molecule has 0 amide bonds. The van der Waals surface area contributed by atoms with Crippen LogP contribution in [0.2, 0.25) is 0 Å². The van der Waals surface area contributed by atoms with Gasteiger partial charge in [-0.3, -0.25) is 0 Å². The van der Waals surface area contributed by atoms with Crippen LogP contribution in [0.1, 0.15) is 0 Å². The lowest BCUT2D eigenvalue weighted by Crippen LogP contribution is -1.96. The lowest BCUT2D eigenvalue weighted by atomic mass is 10.2. The molecule has 78 valence electrons. The van der Waals surface area contributed by atoms with Crippen LogP contribution >= 0.6 is 11.8 Å². The zero-order valence-corrected chi connectivity index (χ0v) is 9.70. The number of anilines is 1. The number of thioether (sulfide) groups is 1. The Morgan fingerprint density at radius 2 is 1.79 bits per heavy atom. The Balaban J connectivity index is 3.20. The van der Waals surface area contributed by atoms with Gasteiger partial charge in [-0.15, -0.1) is 11.8 Å². The molecule has 4 heteroatoms. The Hall–Kier alpha value is -1.03. The minimum Gasteiger partial charge on any atom is -0.496 e. The summed E-state index contributed by atoms with van der Waals surface area (Å²) in [5.74, 6) is 1.69. The van der Waals surface area contributed by atoms with Crippen LogP contribution in [-0.2, 0) is 0 Å². The van der Waals surface area contributed by atoms with E-state index in [1.807, 2.05) is 25.4 Å². The molecule has 0 unspecified atom stereocenters. The van der Waals surface area contributed by atoms with E-state index in [-0.39, 0.29) is 0 Å². The molecule has 1 N–H and O–H groups in total. The van der Waals surface area contributed by atoms with Crippen LogP contribution in [0.15, 0.2) is 17.0 Å². The quantitative estimate of drug-likeness (QED) is 0.778. The van der Waals surface area contributed by atoms with Crippen molar-refractivity contribution >= 4 is 17.4 Å². The van der Waals surface area contributed by atoms with E-state index in [0.29, 0.717) is 0 Å². The van der Waals surface area contributed by atoms with Gasteiger partial charge in [-0.1, -0.05) is 0 Å². The van der Waals surface area contributed by atoms with Crippen LogP contribution in [0.5, 0.6) is 11.5 Å². The van der Waals surface area contributed by atoms with E-state index in [1.165, 1.54) is 0 Å². The number of ether oxygens (including phenoxy) is 2. The number of rotatable bonds is 4. The summed E-state index contributed by atoms with van der Waals surface area (Å²) in [5, 5.41) is 3.06. The fraction of sp³-hybridized carbons (Fsp3) is 0.400. The largest absolute Gasteiger partial charge is 0.496 e. The fourth-order valence-electron chi connectivity index (χ4n) is 1.22. The average molecular weight is 213 g/mol. The first-order chi connectivity index (χ1) is 6.76. The van der Waals surface area contributed by atoms with E-state index in [1.54, 1.807) is 26.0 Å². The minimum atomic E-state index is 0.831. The third-order valence-corrected chi connectivity index (χ3v) is 2.73. The van der Waals surface area contributed by atoms with Gasteiger partial charge in [0.25, 0.3) is 0 Å². The molecule has 3 nitrogen and oxygen atoms in total. The van der Waals surface area contributed by atoms with Gasteiger partial charge in [0.1, 0.15) is 11.5 Å². The van der Waals surface area contributed by atoms with E-state index in [9.17, 15) is 0 Å². The Kier molecular flexibility index (Phi) is 3.95. The lowest BCUT2D eigenvalue weighted by molar-refractivity contribution is 0.395. The highest BCUT2D eigenvalue weighted by Gasteiger charge is 2.08. The number of hydrogen-bond donors (Lipinski definition) is 1. The average Bonchev–Trinajstić information content (AvgIpc) is 2.26. The van der Waals surface area contributed by atoms with Crippen LogP contribution in [0, 0.1) is 0 Å². The molecule has 0 aliphatic rings. The van der Waals surface area contributed by atoms with Crippen molar-refractivity contribution in [3.05, 3.63) is 12.1 Å². The second-order valence-corrected chi connectivity index (χ2v) is 3.51. The second kappa shape index (κ2) is 5.00. The third kappa shape index (κ3) is 2.07. The van der Waals surface area contributed by atoms with Crippen molar-refractivity contribution in [2.24, 2.45) is 0 Å². The van der Waals surface area contributed by atoms with E-state index in [4.69, 9.17) is 9.47 Å². The van der Waals surface area contributed by atoms with Gasteiger partial charge in [0.15, 0.2) is 0 Å². The third-order valence-electron chi connectivity index (χ3n) is 1.98. The summed E-state index contributed by atoms with van der Waals surface area (Å²) < 4.78 is 10.5. The van der Waals surface area contributed by atoms with E-state index in [0.717, 1.165) is 22.1 Å². The Labute approximate surface area is 88.8 Å². The van der Waals surface area contributed by atoms with E-state index >= 15 is 0 Å². The van der Waals surface area contributed by atoms with Crippen LogP contribution < -0.4 is 14.8 Å². The summed E-state index contributed by atoms with van der Waals surface area (Å²) in [5.41, 5.74) is 0.933. The number of nitrogens with one attached hydrogen (secondary N) is 1. The Morgan fingerprint density at radius 3 is 2.21 bits per heavy atom. The van der Waals surface area contributed by atoms with Gasteiger partial charge in [-0.2, -0.15) is 0 Å². The maximum Gasteiger partial charge on any atom is 0.143 e. The van der Waals surface area contributed by atoms with Crippen LogP contribution in [0.3, 0.4) is 0 Å². The Bertz CT molecular complexity index is 257. The summed E-state index contributed by atoms with van der Waals surface area (Å²) in [7, 11) is 5.18. The molecule has 1 aromatic carbocycles. The first kappa shape index (κ1) is 11.0. The van der Waals surface area contributed by atoms with Gasteiger partial charge in [-0.25, -0.2) is 0 Å². The predicted octanol–water partition coefficient (Wildman–Crippen LogP) is 2.47. The molecule has 0 spiro atoms. The monoisotopic (exact) mass is 213 g/mol. The standard InChI is InChI=1S/C10H15NO2S/c1-11-7-5-9(13-3)10(14-4)6-8(7)12-2/h5-6,11H,1-4H3. The minimum absolute atomic E-state index is 0.831. The highest BCUT2D eigenvalue weighted by atomic mass is 32.2. The van der Waals surface area contributed by atoms with E-state index in [2.05, 4.69) is 5.32 Å². The van der Waals surface area contributed by atoms with Crippen molar-refractivity contribution < 1.29 is 9.47 Å². The van der Waals surface area contributed by atoms with Crippen LogP contribution in [0.4, 0.5) is 5.69 Å². The fourth-order valence-corrected chi connectivity index (χ4v) is 1.79. The second-order valence-electron chi connectivity index (χ2n) is 2.66. The van der Waals surface area contributed by atoms with Gasteiger partial charge in [-0.05, 0) is 12.3 Å². The molecule has 0 bridgehead atoms. The molecule has 0 heterocycles. The highest BCUT2D eigenvalue weighted by Crippen LogP contribution is 2.37. The number of methoxy groups -OCH3 is 2. The van der Waals surface area contributed by atoms with Gasteiger partial charge in [0.05, 0.1) is 24.8 Å². The van der Waals surface area contributed by atoms with E-state index < -0.39 is 0 Å². The van der Waals surface area contributed by atoms with Gasteiger partial charge >= 0.3 is 0 Å². The molecule has 0 saturated carbocycles. The summed E-state index contributed by atoms with van der Waals surface area (Å²) >= 11 is 1.64. The molecule has 0 atom stereocenters. The van der Waals surface area contributed by atoms with Crippen molar-refractivity contribution in [3.63, 3.8) is 0 Å². The molecular weight excluding hydrogens is 198 g/mol. The molecule has 0 fully saturated rings. The zero-order valence-electron chi connectivity index (χ0n) is 8.88. The van der Waals surface area contributed by atoms with Crippen LogP contribution in [0.25, 0.3) is 0 Å². The molecule has 0 radical (unpaired) electrons. The van der Waals surface area contributed by atoms with Gasteiger partial charge < -0.3 is 14.8 Å². The highest BCUT2D eigenvalue weighted by molar-refractivity contribution is 7.98.